The van der Waals surface area contributed by atoms with Gasteiger partial charge < -0.3 is 25.4 Å². The second-order valence-electron chi connectivity index (χ2n) is 6.83. The van der Waals surface area contributed by atoms with Gasteiger partial charge in [0.05, 0.1) is 22.8 Å². The van der Waals surface area contributed by atoms with Gasteiger partial charge in [0.2, 0.25) is 5.88 Å². The molecule has 0 aliphatic carbocycles. The van der Waals surface area contributed by atoms with E-state index in [9.17, 15) is 32.4 Å². The van der Waals surface area contributed by atoms with Gasteiger partial charge in [0.15, 0.2) is 0 Å². The number of carbonyl (C=O) groups is 2. The molecule has 1 aliphatic heterocycles. The molecule has 3 amide bonds. The number of anilines is 2. The predicted octanol–water partition coefficient (Wildman–Crippen LogP) is 5.31. The summed E-state index contributed by atoms with van der Waals surface area (Å²) in [6, 6.07) is 5.20. The zero-order chi connectivity index (χ0) is 25.8. The molecule has 0 radical (unpaired) electrons. The number of urea groups is 1. The first-order chi connectivity index (χ1) is 16.5. The number of ether oxygens (including phenoxy) is 2. The second-order valence-corrected chi connectivity index (χ2v) is 7.23. The van der Waals surface area contributed by atoms with E-state index in [2.05, 4.69) is 16.0 Å². The van der Waals surface area contributed by atoms with Crippen LogP contribution in [0.15, 0.2) is 60.2 Å². The molecule has 9 nitrogen and oxygen atoms in total. The number of carbonyl (C=O) groups excluding carboxylic acids is 2. The number of nitrogens with one attached hydrogen (secondary N) is 3. The van der Waals surface area contributed by atoms with Crippen LogP contribution in [-0.4, -0.2) is 36.0 Å². The van der Waals surface area contributed by atoms with Gasteiger partial charge in [0.25, 0.3) is 0 Å². The van der Waals surface area contributed by atoms with E-state index in [1.807, 2.05) is 0 Å². The van der Waals surface area contributed by atoms with Gasteiger partial charge >= 0.3 is 18.3 Å². The van der Waals surface area contributed by atoms with E-state index < -0.39 is 34.7 Å². The Morgan fingerprint density at radius 3 is 2.54 bits per heavy atom. The molecule has 0 aromatic heterocycles. The second kappa shape index (κ2) is 10.5. The first-order valence-electron chi connectivity index (χ1n) is 9.66. The van der Waals surface area contributed by atoms with Gasteiger partial charge in [-0.15, -0.1) is 0 Å². The van der Waals surface area contributed by atoms with Crippen molar-refractivity contribution >= 4 is 35.1 Å². The number of alkyl carbamates (subject to hydrolysis) is 1. The van der Waals surface area contributed by atoms with Crippen molar-refractivity contribution in [2.45, 2.75) is 6.18 Å². The summed E-state index contributed by atoms with van der Waals surface area (Å²) in [4.78, 5) is 23.5. The van der Waals surface area contributed by atoms with Crippen molar-refractivity contribution in [1.82, 2.24) is 10.4 Å². The minimum absolute atomic E-state index is 0.00848. The highest BCUT2D eigenvalue weighted by Crippen LogP contribution is 2.36. The van der Waals surface area contributed by atoms with Crippen LogP contribution in [0.3, 0.4) is 0 Å². The molecular weight excluding hydrogens is 500 g/mol. The maximum Gasteiger partial charge on any atom is 0.417 e. The quantitative estimate of drug-likeness (QED) is 0.401. The maximum absolute atomic E-state index is 14.5. The van der Waals surface area contributed by atoms with Gasteiger partial charge in [-0.2, -0.15) is 13.2 Å². The maximum atomic E-state index is 14.5. The van der Waals surface area contributed by atoms with Crippen LogP contribution >= 0.6 is 11.6 Å². The van der Waals surface area contributed by atoms with Gasteiger partial charge in [-0.1, -0.05) is 11.6 Å². The van der Waals surface area contributed by atoms with Crippen molar-refractivity contribution < 1.29 is 41.8 Å². The molecule has 0 spiro atoms. The van der Waals surface area contributed by atoms with Crippen LogP contribution in [0.1, 0.15) is 5.56 Å². The van der Waals surface area contributed by atoms with Crippen molar-refractivity contribution in [2.75, 3.05) is 24.2 Å². The summed E-state index contributed by atoms with van der Waals surface area (Å²) in [7, 11) is 1.33. The summed E-state index contributed by atoms with van der Waals surface area (Å²) < 4.78 is 63.7. The molecule has 1 heterocycles. The Morgan fingerprint density at radius 2 is 1.89 bits per heavy atom. The topological polar surface area (TPSA) is 112 Å². The number of hydroxylamine groups is 2. The molecule has 14 heteroatoms. The molecule has 0 saturated heterocycles. The Morgan fingerprint density at radius 1 is 1.14 bits per heavy atom. The first-order valence-corrected chi connectivity index (χ1v) is 10.0. The summed E-state index contributed by atoms with van der Waals surface area (Å²) in [5.41, 5.74) is -1.62. The summed E-state index contributed by atoms with van der Waals surface area (Å²) in [6.07, 6.45) is -2.93. The third kappa shape index (κ3) is 6.77. The SMILES string of the molecule is CNC(=O)OC1=CC(Oc2ccc(NC(=O)Nc3ccc(Cl)c(C(F)(F)F)c3)c(F)c2)=CCN1O. The molecule has 0 atom stereocenters. The van der Waals surface area contributed by atoms with E-state index in [1.54, 1.807) is 0 Å². The molecule has 35 heavy (non-hydrogen) atoms. The minimum Gasteiger partial charge on any atom is -0.457 e. The molecule has 2 aromatic rings. The number of hydrogen-bond donors (Lipinski definition) is 4. The van der Waals surface area contributed by atoms with E-state index in [0.29, 0.717) is 11.1 Å². The van der Waals surface area contributed by atoms with Crippen molar-refractivity contribution in [3.05, 3.63) is 76.6 Å². The number of hydrogen-bond acceptors (Lipinski definition) is 6. The number of halogens is 5. The number of alkyl halides is 3. The van der Waals surface area contributed by atoms with Crippen molar-refractivity contribution in [2.24, 2.45) is 0 Å². The highest BCUT2D eigenvalue weighted by atomic mass is 35.5. The van der Waals surface area contributed by atoms with Gasteiger partial charge in [0.1, 0.15) is 17.3 Å². The van der Waals surface area contributed by atoms with Crippen LogP contribution in [0, 0.1) is 5.82 Å². The number of rotatable bonds is 5. The van der Waals surface area contributed by atoms with Crippen molar-refractivity contribution in [3.63, 3.8) is 0 Å². The standard InChI is InChI=1S/C21H17ClF4N4O5/c1-27-20(32)35-18-10-13(6-7-30(18)33)34-12-3-5-17(16(23)9-12)29-19(31)28-11-2-4-15(22)14(8-11)21(24,25)26/h2-6,8-10,33H,7H2,1H3,(H,27,32)(H2,28,29,31). The summed E-state index contributed by atoms with van der Waals surface area (Å²) in [5.74, 6) is -0.992. The lowest BCUT2D eigenvalue weighted by molar-refractivity contribution is -0.137. The van der Waals surface area contributed by atoms with Crippen LogP contribution < -0.4 is 20.7 Å². The lowest BCUT2D eigenvalue weighted by Gasteiger charge is -2.22. The average molecular weight is 517 g/mol. The molecule has 0 bridgehead atoms. The Labute approximate surface area is 200 Å². The highest BCUT2D eigenvalue weighted by Gasteiger charge is 2.33. The fourth-order valence-electron chi connectivity index (χ4n) is 2.72. The van der Waals surface area contributed by atoms with E-state index in [-0.39, 0.29) is 35.3 Å². The van der Waals surface area contributed by atoms with Crippen LogP contribution in [0.25, 0.3) is 0 Å². The Hall–Kier alpha value is -3.97. The third-order valence-corrected chi connectivity index (χ3v) is 4.67. The zero-order valence-electron chi connectivity index (χ0n) is 17.7. The molecule has 2 aromatic carbocycles. The van der Waals surface area contributed by atoms with Crippen LogP contribution in [0.4, 0.5) is 38.5 Å². The van der Waals surface area contributed by atoms with Crippen LogP contribution in [0.2, 0.25) is 5.02 Å². The van der Waals surface area contributed by atoms with E-state index in [0.717, 1.165) is 18.2 Å². The number of allylic oxidation sites excluding steroid dienone is 1. The van der Waals surface area contributed by atoms with Gasteiger partial charge in [0, 0.05) is 24.9 Å². The number of benzene rings is 2. The monoisotopic (exact) mass is 516 g/mol. The molecule has 0 unspecified atom stereocenters. The third-order valence-electron chi connectivity index (χ3n) is 4.34. The fourth-order valence-corrected chi connectivity index (χ4v) is 2.95. The normalized spacial score (nSPS) is 13.4. The number of amides is 3. The fraction of sp³-hybridized carbons (Fsp3) is 0.143. The van der Waals surface area contributed by atoms with Gasteiger partial charge in [-0.3, -0.25) is 5.21 Å². The number of nitrogens with zero attached hydrogens (tertiary/aromatic N) is 1. The van der Waals surface area contributed by atoms with E-state index >= 15 is 0 Å². The summed E-state index contributed by atoms with van der Waals surface area (Å²) in [5, 5.41) is 16.4. The Balaban J connectivity index is 1.66. The van der Waals surface area contributed by atoms with E-state index in [4.69, 9.17) is 21.1 Å². The average Bonchev–Trinajstić information content (AvgIpc) is 2.78. The molecule has 0 fully saturated rings. The molecule has 4 N–H and O–H groups in total. The summed E-state index contributed by atoms with van der Waals surface area (Å²) in [6.45, 7) is -0.0821. The molecule has 1 aliphatic rings. The van der Waals surface area contributed by atoms with Crippen molar-refractivity contribution in [3.8, 4) is 5.75 Å². The largest absolute Gasteiger partial charge is 0.457 e. The first kappa shape index (κ1) is 25.6. The highest BCUT2D eigenvalue weighted by molar-refractivity contribution is 6.31. The molecule has 3 rings (SSSR count). The zero-order valence-corrected chi connectivity index (χ0v) is 18.5. The smallest absolute Gasteiger partial charge is 0.417 e. The van der Waals surface area contributed by atoms with Crippen LogP contribution in [-0.2, 0) is 10.9 Å². The molecule has 186 valence electrons. The predicted molar refractivity (Wildman–Crippen MR) is 116 cm³/mol. The lowest BCUT2D eigenvalue weighted by atomic mass is 10.2. The summed E-state index contributed by atoms with van der Waals surface area (Å²) >= 11 is 5.54. The molecular formula is C21H17ClF4N4O5. The van der Waals surface area contributed by atoms with Crippen molar-refractivity contribution in [1.29, 1.82) is 0 Å². The Kier molecular flexibility index (Phi) is 7.71. The lowest BCUT2D eigenvalue weighted by Crippen LogP contribution is -2.29. The minimum atomic E-state index is -4.72. The molecule has 0 saturated carbocycles. The van der Waals surface area contributed by atoms with Gasteiger partial charge in [-0.25, -0.2) is 19.0 Å². The van der Waals surface area contributed by atoms with Crippen LogP contribution in [0.5, 0.6) is 5.75 Å². The van der Waals surface area contributed by atoms with E-state index in [1.165, 1.54) is 31.3 Å². The van der Waals surface area contributed by atoms with Gasteiger partial charge in [-0.05, 0) is 36.4 Å². The Bertz CT molecular complexity index is 1200.